The van der Waals surface area contributed by atoms with E-state index in [1.165, 1.54) is 6.20 Å². The summed E-state index contributed by atoms with van der Waals surface area (Å²) in [5, 5.41) is 4.92. The van der Waals surface area contributed by atoms with Crippen molar-refractivity contribution >= 4 is 34.2 Å². The first-order valence-electron chi connectivity index (χ1n) is 8.99. The second kappa shape index (κ2) is 7.17. The normalized spacial score (nSPS) is 19.9. The molecule has 2 aromatic heterocycles. The van der Waals surface area contributed by atoms with Gasteiger partial charge >= 0.3 is 0 Å². The lowest BCUT2D eigenvalue weighted by atomic mass is 9.91. The number of anilines is 1. The third-order valence-electron chi connectivity index (χ3n) is 5.00. The standard InChI is InChI=1S/C19H21ClN6O/c20-11-5-6-13-10(7-11)8-15(24-13)17-18(19(22)27)23-9-16(26-17)25-14-4-2-1-3-12(14)21/h5-9,12,14,24H,1-4,21H2,(H2,22,27)(H,25,26)/t12-,14?/m0/s1. The largest absolute Gasteiger partial charge is 0.364 e. The van der Waals surface area contributed by atoms with Crippen molar-refractivity contribution in [2.24, 2.45) is 11.5 Å². The van der Waals surface area contributed by atoms with Gasteiger partial charge in [-0.15, -0.1) is 0 Å². The van der Waals surface area contributed by atoms with Crippen LogP contribution < -0.4 is 16.8 Å². The first-order valence-corrected chi connectivity index (χ1v) is 9.36. The summed E-state index contributed by atoms with van der Waals surface area (Å²) in [6.07, 6.45) is 5.79. The van der Waals surface area contributed by atoms with Gasteiger partial charge in [0.1, 0.15) is 11.5 Å². The molecule has 0 bridgehead atoms. The fourth-order valence-electron chi connectivity index (χ4n) is 3.59. The molecular formula is C19H21ClN6O. The number of aromatic nitrogens is 3. The number of primary amides is 1. The highest BCUT2D eigenvalue weighted by molar-refractivity contribution is 6.31. The highest BCUT2D eigenvalue weighted by Crippen LogP contribution is 2.28. The lowest BCUT2D eigenvalue weighted by Gasteiger charge is -2.29. The Morgan fingerprint density at radius 3 is 2.85 bits per heavy atom. The Kier molecular flexibility index (Phi) is 4.72. The number of amides is 1. The number of nitrogens with zero attached hydrogens (tertiary/aromatic N) is 2. The number of hydrogen-bond acceptors (Lipinski definition) is 5. The monoisotopic (exact) mass is 384 g/mol. The van der Waals surface area contributed by atoms with E-state index in [-0.39, 0.29) is 17.8 Å². The van der Waals surface area contributed by atoms with E-state index in [4.69, 9.17) is 23.1 Å². The SMILES string of the molecule is NC(=O)c1ncc(NC2CCCC[C@@H]2N)nc1-c1cc2cc(Cl)ccc2[nH]1. The molecule has 27 heavy (non-hydrogen) atoms. The van der Waals surface area contributed by atoms with E-state index in [1.807, 2.05) is 18.2 Å². The molecule has 1 aliphatic rings. The van der Waals surface area contributed by atoms with Crippen LogP contribution in [0.5, 0.6) is 0 Å². The van der Waals surface area contributed by atoms with Crippen molar-refractivity contribution < 1.29 is 4.79 Å². The molecule has 1 amide bonds. The van der Waals surface area contributed by atoms with Gasteiger partial charge in [0.2, 0.25) is 0 Å². The summed E-state index contributed by atoms with van der Waals surface area (Å²) in [6.45, 7) is 0. The van der Waals surface area contributed by atoms with Gasteiger partial charge in [-0.3, -0.25) is 4.79 Å². The Morgan fingerprint density at radius 1 is 1.26 bits per heavy atom. The summed E-state index contributed by atoms with van der Waals surface area (Å²) in [7, 11) is 0. The fraction of sp³-hybridized carbons (Fsp3) is 0.316. The van der Waals surface area contributed by atoms with Gasteiger partial charge in [0.25, 0.3) is 5.91 Å². The van der Waals surface area contributed by atoms with Crippen LogP contribution in [0.2, 0.25) is 5.02 Å². The van der Waals surface area contributed by atoms with Crippen molar-refractivity contribution in [1.82, 2.24) is 15.0 Å². The van der Waals surface area contributed by atoms with Crippen molar-refractivity contribution in [3.63, 3.8) is 0 Å². The van der Waals surface area contributed by atoms with Gasteiger partial charge in [0.15, 0.2) is 5.69 Å². The van der Waals surface area contributed by atoms with E-state index in [1.54, 1.807) is 6.07 Å². The molecule has 0 spiro atoms. The van der Waals surface area contributed by atoms with Crippen LogP contribution >= 0.6 is 11.6 Å². The van der Waals surface area contributed by atoms with E-state index in [0.717, 1.165) is 36.6 Å². The number of nitrogens with one attached hydrogen (secondary N) is 2. The first kappa shape index (κ1) is 17.8. The average Bonchev–Trinajstić information content (AvgIpc) is 3.06. The van der Waals surface area contributed by atoms with Crippen LogP contribution in [0.15, 0.2) is 30.5 Å². The predicted molar refractivity (Wildman–Crippen MR) is 107 cm³/mol. The Balaban J connectivity index is 1.73. The molecule has 0 radical (unpaired) electrons. The minimum Gasteiger partial charge on any atom is -0.364 e. The van der Waals surface area contributed by atoms with Gasteiger partial charge in [0, 0.05) is 28.0 Å². The maximum absolute atomic E-state index is 11.9. The number of fused-ring (bicyclic) bond motifs is 1. The number of carbonyl (C=O) groups is 1. The minimum absolute atomic E-state index is 0.0787. The zero-order chi connectivity index (χ0) is 19.0. The number of nitrogens with two attached hydrogens (primary N) is 2. The number of H-pyrrole nitrogens is 1. The molecule has 1 saturated carbocycles. The Labute approximate surface area is 161 Å². The molecule has 0 saturated heterocycles. The van der Waals surface area contributed by atoms with Crippen LogP contribution in [0.25, 0.3) is 22.3 Å². The van der Waals surface area contributed by atoms with Gasteiger partial charge in [-0.1, -0.05) is 24.4 Å². The van der Waals surface area contributed by atoms with Crippen LogP contribution in [0, 0.1) is 0 Å². The molecule has 4 rings (SSSR count). The molecule has 7 nitrogen and oxygen atoms in total. The van der Waals surface area contributed by atoms with Crippen LogP contribution in [0.1, 0.15) is 36.2 Å². The topological polar surface area (TPSA) is 123 Å². The zero-order valence-electron chi connectivity index (χ0n) is 14.7. The molecule has 6 N–H and O–H groups in total. The smallest absolute Gasteiger partial charge is 0.269 e. The second-order valence-electron chi connectivity index (χ2n) is 6.93. The van der Waals surface area contributed by atoms with Crippen molar-refractivity contribution in [2.45, 2.75) is 37.8 Å². The van der Waals surface area contributed by atoms with Gasteiger partial charge in [0.05, 0.1) is 11.9 Å². The van der Waals surface area contributed by atoms with E-state index >= 15 is 0 Å². The predicted octanol–water partition coefficient (Wildman–Crippen LogP) is 3.06. The maximum atomic E-state index is 11.9. The van der Waals surface area contributed by atoms with Crippen molar-refractivity contribution in [3.05, 3.63) is 41.2 Å². The molecule has 1 unspecified atom stereocenters. The second-order valence-corrected chi connectivity index (χ2v) is 7.37. The maximum Gasteiger partial charge on any atom is 0.269 e. The highest BCUT2D eigenvalue weighted by atomic mass is 35.5. The quantitative estimate of drug-likeness (QED) is 0.550. The summed E-state index contributed by atoms with van der Waals surface area (Å²) in [5.74, 6) is -0.0517. The van der Waals surface area contributed by atoms with Gasteiger partial charge in [-0.2, -0.15) is 0 Å². The first-order chi connectivity index (χ1) is 13.0. The zero-order valence-corrected chi connectivity index (χ0v) is 15.5. The van der Waals surface area contributed by atoms with Crippen LogP contribution in [-0.2, 0) is 0 Å². The number of carbonyl (C=O) groups excluding carboxylic acids is 1. The lowest BCUT2D eigenvalue weighted by Crippen LogP contribution is -2.42. The van der Waals surface area contributed by atoms with Crippen LogP contribution in [0.4, 0.5) is 5.82 Å². The van der Waals surface area contributed by atoms with Crippen LogP contribution in [-0.4, -0.2) is 32.9 Å². The minimum atomic E-state index is -0.630. The van der Waals surface area contributed by atoms with E-state index in [9.17, 15) is 4.79 Å². The van der Waals surface area contributed by atoms with Crippen molar-refractivity contribution in [3.8, 4) is 11.4 Å². The number of rotatable bonds is 4. The van der Waals surface area contributed by atoms with Gasteiger partial charge in [-0.05, 0) is 37.1 Å². The highest BCUT2D eigenvalue weighted by Gasteiger charge is 2.23. The summed E-state index contributed by atoms with van der Waals surface area (Å²) in [5.41, 5.74) is 13.8. The number of hydrogen-bond donors (Lipinski definition) is 4. The molecule has 8 heteroatoms. The average molecular weight is 385 g/mol. The van der Waals surface area contributed by atoms with Crippen molar-refractivity contribution in [2.75, 3.05) is 5.32 Å². The Bertz CT molecular complexity index is 1000. The lowest BCUT2D eigenvalue weighted by molar-refractivity contribution is 0.0996. The van der Waals surface area contributed by atoms with E-state index in [2.05, 4.69) is 20.3 Å². The molecule has 1 aliphatic carbocycles. The Morgan fingerprint density at radius 2 is 2.07 bits per heavy atom. The van der Waals surface area contributed by atoms with Crippen molar-refractivity contribution in [1.29, 1.82) is 0 Å². The summed E-state index contributed by atoms with van der Waals surface area (Å²) < 4.78 is 0. The molecule has 2 heterocycles. The molecule has 2 atom stereocenters. The van der Waals surface area contributed by atoms with E-state index in [0.29, 0.717) is 22.2 Å². The third-order valence-corrected chi connectivity index (χ3v) is 5.23. The molecule has 0 aliphatic heterocycles. The summed E-state index contributed by atoms with van der Waals surface area (Å²) in [4.78, 5) is 24.0. The molecule has 3 aromatic rings. The summed E-state index contributed by atoms with van der Waals surface area (Å²) in [6, 6.07) is 7.62. The van der Waals surface area contributed by atoms with E-state index < -0.39 is 5.91 Å². The van der Waals surface area contributed by atoms with Gasteiger partial charge < -0.3 is 21.8 Å². The Hall–Kier alpha value is -2.64. The number of benzene rings is 1. The molecular weight excluding hydrogens is 364 g/mol. The molecule has 1 fully saturated rings. The van der Waals surface area contributed by atoms with Gasteiger partial charge in [-0.25, -0.2) is 9.97 Å². The third kappa shape index (κ3) is 3.61. The number of aromatic amines is 1. The number of halogens is 1. The summed E-state index contributed by atoms with van der Waals surface area (Å²) >= 11 is 6.07. The fourth-order valence-corrected chi connectivity index (χ4v) is 3.77. The molecule has 1 aromatic carbocycles. The molecule has 140 valence electrons. The van der Waals surface area contributed by atoms with Crippen LogP contribution in [0.3, 0.4) is 0 Å².